The second-order valence-electron chi connectivity index (χ2n) is 4.81. The van der Waals surface area contributed by atoms with E-state index < -0.39 is 6.04 Å². The van der Waals surface area contributed by atoms with Crippen molar-refractivity contribution in [2.45, 2.75) is 45.6 Å². The lowest BCUT2D eigenvalue weighted by molar-refractivity contribution is -0.123. The standard InChI is InChI=1S/C12H24N2O2.ClH/c1-3-16-8-7-12(5-4-6-12)9-14-11(15)10(2)13;/h10H,3-9,13H2,1-2H3,(H,14,15);1H/t10-;/m1./s1. The molecule has 0 aromatic heterocycles. The van der Waals surface area contributed by atoms with Gasteiger partial charge in [0.25, 0.3) is 0 Å². The molecule has 0 radical (unpaired) electrons. The predicted molar refractivity (Wildman–Crippen MR) is 71.3 cm³/mol. The fourth-order valence-corrected chi connectivity index (χ4v) is 2.06. The fourth-order valence-electron chi connectivity index (χ4n) is 2.06. The average molecular weight is 265 g/mol. The first kappa shape index (κ1) is 16.7. The summed E-state index contributed by atoms with van der Waals surface area (Å²) in [5.41, 5.74) is 5.79. The summed E-state index contributed by atoms with van der Waals surface area (Å²) in [6.07, 6.45) is 4.69. The van der Waals surface area contributed by atoms with Gasteiger partial charge in [-0.1, -0.05) is 6.42 Å². The van der Waals surface area contributed by atoms with Crippen LogP contribution in [-0.2, 0) is 9.53 Å². The number of carbonyl (C=O) groups is 1. The highest BCUT2D eigenvalue weighted by atomic mass is 35.5. The number of nitrogens with two attached hydrogens (primary N) is 1. The second-order valence-corrected chi connectivity index (χ2v) is 4.81. The second kappa shape index (κ2) is 7.90. The molecule has 1 saturated carbocycles. The predicted octanol–water partition coefficient (Wildman–Crippen LogP) is 1.47. The van der Waals surface area contributed by atoms with Gasteiger partial charge in [-0.15, -0.1) is 12.4 Å². The number of hydrogen-bond donors (Lipinski definition) is 2. The summed E-state index contributed by atoms with van der Waals surface area (Å²) in [7, 11) is 0. The smallest absolute Gasteiger partial charge is 0.236 e. The van der Waals surface area contributed by atoms with Crippen molar-refractivity contribution in [3.8, 4) is 0 Å². The number of halogens is 1. The largest absolute Gasteiger partial charge is 0.382 e. The van der Waals surface area contributed by atoms with Crippen molar-refractivity contribution < 1.29 is 9.53 Å². The number of amides is 1. The normalized spacial score (nSPS) is 18.8. The summed E-state index contributed by atoms with van der Waals surface area (Å²) in [5.74, 6) is -0.0531. The van der Waals surface area contributed by atoms with Crippen molar-refractivity contribution in [2.24, 2.45) is 11.1 Å². The summed E-state index contributed by atoms with van der Waals surface area (Å²) in [5, 5.41) is 2.93. The maximum atomic E-state index is 11.4. The van der Waals surface area contributed by atoms with Gasteiger partial charge < -0.3 is 15.8 Å². The van der Waals surface area contributed by atoms with Gasteiger partial charge in [0.05, 0.1) is 6.04 Å². The van der Waals surface area contributed by atoms with Crippen LogP contribution in [0.25, 0.3) is 0 Å². The molecule has 1 aliphatic rings. The van der Waals surface area contributed by atoms with E-state index in [1.807, 2.05) is 6.92 Å². The van der Waals surface area contributed by atoms with Gasteiger partial charge in [-0.25, -0.2) is 0 Å². The number of hydrogen-bond acceptors (Lipinski definition) is 3. The monoisotopic (exact) mass is 264 g/mol. The van der Waals surface area contributed by atoms with Crippen LogP contribution in [0.4, 0.5) is 0 Å². The van der Waals surface area contributed by atoms with Crippen LogP contribution < -0.4 is 11.1 Å². The van der Waals surface area contributed by atoms with Crippen molar-refractivity contribution in [3.05, 3.63) is 0 Å². The van der Waals surface area contributed by atoms with E-state index in [1.54, 1.807) is 6.92 Å². The van der Waals surface area contributed by atoms with Crippen LogP contribution in [0.5, 0.6) is 0 Å². The molecule has 0 aromatic carbocycles. The van der Waals surface area contributed by atoms with E-state index in [-0.39, 0.29) is 23.7 Å². The zero-order valence-electron chi connectivity index (χ0n) is 10.8. The number of nitrogens with one attached hydrogen (secondary N) is 1. The van der Waals surface area contributed by atoms with Gasteiger partial charge in [0.2, 0.25) is 5.91 Å². The zero-order valence-corrected chi connectivity index (χ0v) is 11.6. The minimum Gasteiger partial charge on any atom is -0.382 e. The van der Waals surface area contributed by atoms with Gasteiger partial charge in [0.15, 0.2) is 0 Å². The van der Waals surface area contributed by atoms with E-state index in [2.05, 4.69) is 5.32 Å². The Morgan fingerprint density at radius 3 is 2.59 bits per heavy atom. The van der Waals surface area contributed by atoms with Crippen LogP contribution in [0.2, 0.25) is 0 Å². The van der Waals surface area contributed by atoms with Crippen LogP contribution in [0, 0.1) is 5.41 Å². The molecule has 0 bridgehead atoms. The van der Waals surface area contributed by atoms with Gasteiger partial charge in [-0.05, 0) is 38.5 Å². The Morgan fingerprint density at radius 1 is 1.53 bits per heavy atom. The van der Waals surface area contributed by atoms with E-state index in [9.17, 15) is 4.79 Å². The SMILES string of the molecule is CCOCCC1(CNC(=O)[C@@H](C)N)CCC1.Cl. The van der Waals surface area contributed by atoms with Crippen molar-refractivity contribution in [2.75, 3.05) is 19.8 Å². The molecule has 3 N–H and O–H groups in total. The topological polar surface area (TPSA) is 64.3 Å². The third-order valence-electron chi connectivity index (χ3n) is 3.45. The fraction of sp³-hybridized carbons (Fsp3) is 0.917. The lowest BCUT2D eigenvalue weighted by Gasteiger charge is -2.42. The van der Waals surface area contributed by atoms with Crippen LogP contribution in [0.3, 0.4) is 0 Å². The summed E-state index contributed by atoms with van der Waals surface area (Å²) < 4.78 is 5.38. The number of rotatable bonds is 7. The molecule has 0 heterocycles. The van der Waals surface area contributed by atoms with E-state index in [0.717, 1.165) is 26.2 Å². The molecule has 1 aliphatic carbocycles. The molecule has 4 nitrogen and oxygen atoms in total. The molecule has 0 aromatic rings. The lowest BCUT2D eigenvalue weighted by Crippen LogP contribution is -2.47. The molecule has 102 valence electrons. The van der Waals surface area contributed by atoms with Gasteiger partial charge >= 0.3 is 0 Å². The Hall–Kier alpha value is -0.320. The van der Waals surface area contributed by atoms with E-state index >= 15 is 0 Å². The molecular weight excluding hydrogens is 240 g/mol. The zero-order chi connectivity index (χ0) is 12.0. The highest BCUT2D eigenvalue weighted by Gasteiger charge is 2.36. The van der Waals surface area contributed by atoms with Crippen molar-refractivity contribution in [3.63, 3.8) is 0 Å². The van der Waals surface area contributed by atoms with E-state index in [1.165, 1.54) is 19.3 Å². The number of carbonyl (C=O) groups excluding carboxylic acids is 1. The first-order valence-corrected chi connectivity index (χ1v) is 6.21. The van der Waals surface area contributed by atoms with E-state index in [0.29, 0.717) is 0 Å². The Kier molecular flexibility index (Phi) is 7.75. The highest BCUT2D eigenvalue weighted by Crippen LogP contribution is 2.43. The summed E-state index contributed by atoms with van der Waals surface area (Å²) >= 11 is 0. The molecule has 0 unspecified atom stereocenters. The van der Waals surface area contributed by atoms with Crippen LogP contribution in [0.1, 0.15) is 39.5 Å². The summed E-state index contributed by atoms with van der Waals surface area (Å²) in [6, 6.07) is -0.413. The third-order valence-corrected chi connectivity index (χ3v) is 3.45. The van der Waals surface area contributed by atoms with Crippen molar-refractivity contribution in [1.82, 2.24) is 5.32 Å². The Bertz CT molecular complexity index is 231. The maximum Gasteiger partial charge on any atom is 0.236 e. The van der Waals surface area contributed by atoms with Crippen molar-refractivity contribution in [1.29, 1.82) is 0 Å². The Morgan fingerprint density at radius 2 is 2.18 bits per heavy atom. The number of ether oxygens (including phenoxy) is 1. The Labute approximate surface area is 110 Å². The first-order valence-electron chi connectivity index (χ1n) is 6.21. The van der Waals surface area contributed by atoms with Crippen LogP contribution >= 0.6 is 12.4 Å². The molecule has 1 rings (SSSR count). The molecule has 1 atom stereocenters. The highest BCUT2D eigenvalue weighted by molar-refractivity contribution is 5.85. The van der Waals surface area contributed by atoms with Gasteiger partial charge in [0.1, 0.15) is 0 Å². The van der Waals surface area contributed by atoms with Gasteiger partial charge in [-0.2, -0.15) is 0 Å². The van der Waals surface area contributed by atoms with E-state index in [4.69, 9.17) is 10.5 Å². The first-order chi connectivity index (χ1) is 7.59. The average Bonchev–Trinajstić information content (AvgIpc) is 2.20. The molecule has 0 saturated heterocycles. The van der Waals surface area contributed by atoms with Crippen molar-refractivity contribution >= 4 is 18.3 Å². The molecule has 1 amide bonds. The summed E-state index contributed by atoms with van der Waals surface area (Å²) in [6.45, 7) is 6.03. The third kappa shape index (κ3) is 5.23. The maximum absolute atomic E-state index is 11.4. The molecule has 1 fully saturated rings. The quantitative estimate of drug-likeness (QED) is 0.685. The lowest BCUT2D eigenvalue weighted by atomic mass is 9.66. The molecule has 0 aliphatic heterocycles. The molecule has 0 spiro atoms. The minimum atomic E-state index is -0.413. The molecule has 5 heteroatoms. The van der Waals surface area contributed by atoms with Crippen LogP contribution in [-0.4, -0.2) is 31.7 Å². The molecular formula is C12H25ClN2O2. The van der Waals surface area contributed by atoms with Gasteiger partial charge in [-0.3, -0.25) is 4.79 Å². The minimum absolute atomic E-state index is 0. The summed E-state index contributed by atoms with van der Waals surface area (Å²) in [4.78, 5) is 11.4. The molecule has 17 heavy (non-hydrogen) atoms. The Balaban J connectivity index is 0.00000256. The van der Waals surface area contributed by atoms with Gasteiger partial charge in [0, 0.05) is 19.8 Å². The van der Waals surface area contributed by atoms with Crippen LogP contribution in [0.15, 0.2) is 0 Å².